The number of benzene rings is 1. The summed E-state index contributed by atoms with van der Waals surface area (Å²) in [5.74, 6) is -0.959. The second-order valence-corrected chi connectivity index (χ2v) is 10.7. The van der Waals surface area contributed by atoms with Crippen molar-refractivity contribution in [3.05, 3.63) is 40.8 Å². The predicted molar refractivity (Wildman–Crippen MR) is 149 cm³/mol. The van der Waals surface area contributed by atoms with E-state index in [2.05, 4.69) is 31.2 Å². The number of alkyl carbamates (subject to hydrolysis) is 1. The van der Waals surface area contributed by atoms with E-state index in [4.69, 9.17) is 14.6 Å². The minimum absolute atomic E-state index is 0.0649. The molecule has 0 aliphatic carbocycles. The van der Waals surface area contributed by atoms with Crippen LogP contribution >= 0.6 is 11.3 Å². The van der Waals surface area contributed by atoms with Crippen LogP contribution in [-0.4, -0.2) is 70.9 Å². The van der Waals surface area contributed by atoms with Crippen LogP contribution in [0.1, 0.15) is 42.9 Å². The molecule has 0 aliphatic heterocycles. The van der Waals surface area contributed by atoms with Gasteiger partial charge >= 0.3 is 6.09 Å². The second-order valence-electron chi connectivity index (χ2n) is 9.68. The van der Waals surface area contributed by atoms with E-state index in [1.165, 1.54) is 36.7 Å². The van der Waals surface area contributed by atoms with E-state index in [-0.39, 0.29) is 37.9 Å². The Bertz CT molecular complexity index is 1380. The summed E-state index contributed by atoms with van der Waals surface area (Å²) >= 11 is 1.18. The number of hydrogen-bond acceptors (Lipinski definition) is 10. The minimum atomic E-state index is -1.00. The molecule has 0 fully saturated rings. The van der Waals surface area contributed by atoms with E-state index in [0.29, 0.717) is 32.2 Å². The van der Waals surface area contributed by atoms with Gasteiger partial charge in [0.2, 0.25) is 0 Å². The Morgan fingerprint density at radius 1 is 1.10 bits per heavy atom. The van der Waals surface area contributed by atoms with E-state index in [1.807, 2.05) is 0 Å². The van der Waals surface area contributed by atoms with Gasteiger partial charge in [0.25, 0.3) is 11.8 Å². The molecule has 5 N–H and O–H groups in total. The van der Waals surface area contributed by atoms with Crippen molar-refractivity contribution in [1.82, 2.24) is 25.9 Å². The maximum atomic E-state index is 14.1. The summed E-state index contributed by atoms with van der Waals surface area (Å²) in [6.07, 6.45) is -0.264. The molecule has 1 atom stereocenters. The first-order chi connectivity index (χ1) is 18.9. The lowest BCUT2D eigenvalue weighted by atomic mass is 10.2. The summed E-state index contributed by atoms with van der Waals surface area (Å²) in [5, 5.41) is 20.5. The average Bonchev–Trinajstić information content (AvgIpc) is 3.22. The van der Waals surface area contributed by atoms with Gasteiger partial charge in [-0.2, -0.15) is 0 Å². The van der Waals surface area contributed by atoms with Crippen LogP contribution in [0.2, 0.25) is 0 Å². The largest absolute Gasteiger partial charge is 0.479 e. The number of hydrogen-bond donors (Lipinski definition) is 5. The number of nitrogens with zero attached hydrogens (tertiary/aromatic N) is 2. The fraction of sp³-hybridized carbons (Fsp3) is 0.423. The molecular weight excluding hydrogens is 543 g/mol. The Hall–Kier alpha value is -4.04. The number of thiophene rings is 1. The highest BCUT2D eigenvalue weighted by Crippen LogP contribution is 2.36. The second kappa shape index (κ2) is 13.3. The molecule has 3 aromatic rings. The van der Waals surface area contributed by atoms with Crippen LogP contribution in [0.5, 0.6) is 5.75 Å². The van der Waals surface area contributed by atoms with Gasteiger partial charge in [0.1, 0.15) is 34.1 Å². The van der Waals surface area contributed by atoms with E-state index in [1.54, 1.807) is 27.7 Å². The van der Waals surface area contributed by atoms with Crippen molar-refractivity contribution in [2.75, 3.05) is 31.6 Å². The molecule has 0 aliphatic rings. The SMILES string of the molecule is Cc1c(C(=O)NCCO)sc2ncnc(Nc3ccc(F)cc3OC(C)C(=O)NCCNC(=O)OC(C)(C)C)c12. The number of aromatic nitrogens is 2. The van der Waals surface area contributed by atoms with Gasteiger partial charge in [-0.1, -0.05) is 0 Å². The Labute approximate surface area is 234 Å². The van der Waals surface area contributed by atoms with Crippen molar-refractivity contribution in [2.24, 2.45) is 0 Å². The smallest absolute Gasteiger partial charge is 0.407 e. The normalized spacial score (nSPS) is 12.0. The Morgan fingerprint density at radius 3 is 2.52 bits per heavy atom. The number of aliphatic hydroxyl groups excluding tert-OH is 1. The zero-order valence-corrected chi connectivity index (χ0v) is 23.7. The fourth-order valence-electron chi connectivity index (χ4n) is 3.51. The Morgan fingerprint density at radius 2 is 1.82 bits per heavy atom. The van der Waals surface area contributed by atoms with Crippen LogP contribution in [0.4, 0.5) is 20.7 Å². The van der Waals surface area contributed by atoms with Crippen molar-refractivity contribution in [3.8, 4) is 5.75 Å². The first-order valence-electron chi connectivity index (χ1n) is 12.5. The number of aliphatic hydroxyl groups is 1. The van der Waals surface area contributed by atoms with Gasteiger partial charge in [-0.3, -0.25) is 9.59 Å². The van der Waals surface area contributed by atoms with Crippen LogP contribution in [-0.2, 0) is 9.53 Å². The molecule has 216 valence electrons. The van der Waals surface area contributed by atoms with Gasteiger partial charge in [0.05, 0.1) is 22.6 Å². The van der Waals surface area contributed by atoms with E-state index in [0.717, 1.165) is 6.07 Å². The monoisotopic (exact) mass is 576 g/mol. The van der Waals surface area contributed by atoms with Gasteiger partial charge in [0, 0.05) is 25.7 Å². The highest BCUT2D eigenvalue weighted by Gasteiger charge is 2.22. The number of ether oxygens (including phenoxy) is 2. The zero-order chi connectivity index (χ0) is 29.4. The molecule has 40 heavy (non-hydrogen) atoms. The molecule has 1 unspecified atom stereocenters. The number of carbonyl (C=O) groups excluding carboxylic acids is 3. The Balaban J connectivity index is 1.71. The molecule has 1 aromatic carbocycles. The molecule has 0 saturated heterocycles. The van der Waals surface area contributed by atoms with Crippen molar-refractivity contribution >= 4 is 51.0 Å². The average molecular weight is 577 g/mol. The summed E-state index contributed by atoms with van der Waals surface area (Å²) in [4.78, 5) is 46.4. The molecule has 3 rings (SSSR count). The highest BCUT2D eigenvalue weighted by molar-refractivity contribution is 7.20. The molecule has 0 saturated carbocycles. The highest BCUT2D eigenvalue weighted by atomic mass is 32.1. The van der Waals surface area contributed by atoms with Gasteiger partial charge in [0.15, 0.2) is 6.10 Å². The molecule has 12 nitrogen and oxygen atoms in total. The lowest BCUT2D eigenvalue weighted by molar-refractivity contribution is -0.127. The fourth-order valence-corrected chi connectivity index (χ4v) is 4.57. The molecular formula is C26H33FN6O6S. The van der Waals surface area contributed by atoms with E-state index < -0.39 is 29.5 Å². The van der Waals surface area contributed by atoms with Crippen LogP contribution in [0.3, 0.4) is 0 Å². The molecule has 3 amide bonds. The zero-order valence-electron chi connectivity index (χ0n) is 22.9. The standard InChI is InChI=1S/C26H33FN6O6S/c1-14-19-21(31-13-32-24(19)40-20(14)23(36)29-10-11-34)33-17-7-6-16(27)12-18(17)38-15(2)22(35)28-8-9-30-25(37)39-26(3,4)5/h6-7,12-13,15,34H,8-11H2,1-5H3,(H,28,35)(H,29,36)(H,30,37)(H,31,32,33). The number of amides is 3. The molecule has 0 bridgehead atoms. The first kappa shape index (κ1) is 30.5. The summed E-state index contributed by atoms with van der Waals surface area (Å²) in [6.45, 7) is 8.70. The maximum absolute atomic E-state index is 14.1. The first-order valence-corrected chi connectivity index (χ1v) is 13.3. The quantitative estimate of drug-likeness (QED) is 0.216. The summed E-state index contributed by atoms with van der Waals surface area (Å²) < 4.78 is 25.1. The van der Waals surface area contributed by atoms with E-state index in [9.17, 15) is 18.8 Å². The number of carbonyl (C=O) groups is 3. The third-order valence-electron chi connectivity index (χ3n) is 5.29. The Kier molecular flexibility index (Phi) is 10.2. The van der Waals surface area contributed by atoms with Gasteiger partial charge in [-0.05, 0) is 52.3 Å². The summed E-state index contributed by atoms with van der Waals surface area (Å²) in [7, 11) is 0. The number of aryl methyl sites for hydroxylation is 1. The van der Waals surface area contributed by atoms with Gasteiger partial charge < -0.3 is 35.8 Å². The lowest BCUT2D eigenvalue weighted by Crippen LogP contribution is -2.41. The maximum Gasteiger partial charge on any atom is 0.407 e. The summed E-state index contributed by atoms with van der Waals surface area (Å²) in [5.41, 5.74) is 0.337. The van der Waals surface area contributed by atoms with Crippen LogP contribution in [0.15, 0.2) is 24.5 Å². The molecule has 14 heteroatoms. The third-order valence-corrected chi connectivity index (χ3v) is 6.49. The molecule has 2 aromatic heterocycles. The summed E-state index contributed by atoms with van der Waals surface area (Å²) in [6, 6.07) is 3.82. The number of anilines is 2. The van der Waals surface area contributed by atoms with Gasteiger partial charge in [-0.15, -0.1) is 11.3 Å². The van der Waals surface area contributed by atoms with Crippen molar-refractivity contribution in [3.63, 3.8) is 0 Å². The number of halogens is 1. The molecule has 0 spiro atoms. The van der Waals surface area contributed by atoms with Crippen LogP contribution in [0.25, 0.3) is 10.2 Å². The lowest BCUT2D eigenvalue weighted by Gasteiger charge is -2.20. The minimum Gasteiger partial charge on any atom is -0.479 e. The van der Waals surface area contributed by atoms with Crippen molar-refractivity contribution in [1.29, 1.82) is 0 Å². The van der Waals surface area contributed by atoms with Gasteiger partial charge in [-0.25, -0.2) is 19.2 Å². The van der Waals surface area contributed by atoms with Crippen molar-refractivity contribution < 1.29 is 33.4 Å². The van der Waals surface area contributed by atoms with E-state index >= 15 is 0 Å². The third kappa shape index (κ3) is 8.23. The van der Waals surface area contributed by atoms with Crippen LogP contribution < -0.4 is 26.0 Å². The van der Waals surface area contributed by atoms with Crippen LogP contribution in [0, 0.1) is 12.7 Å². The number of fused-ring (bicyclic) bond motifs is 1. The topological polar surface area (TPSA) is 164 Å². The predicted octanol–water partition coefficient (Wildman–Crippen LogP) is 3.01. The molecule has 2 heterocycles. The number of nitrogens with one attached hydrogen (secondary N) is 4. The number of rotatable bonds is 11. The molecule has 0 radical (unpaired) electrons. The van der Waals surface area contributed by atoms with Crippen molar-refractivity contribution in [2.45, 2.75) is 46.3 Å².